The first-order chi connectivity index (χ1) is 17.3. The second kappa shape index (κ2) is 10.9. The Kier molecular flexibility index (Phi) is 7.68. The molecule has 0 bridgehead atoms. The molecule has 0 aromatic carbocycles. The lowest BCUT2D eigenvalue weighted by atomic mass is 9.75. The number of hydrogen-bond donors (Lipinski definition) is 2. The molecule has 10 nitrogen and oxygen atoms in total. The third-order valence-electron chi connectivity index (χ3n) is 8.12. The molecule has 1 aliphatic carbocycles. The molecule has 3 fully saturated rings. The molecule has 3 aliphatic rings. The molecular weight excluding hydrogens is 474 g/mol. The fourth-order valence-electron chi connectivity index (χ4n) is 5.71. The van der Waals surface area contributed by atoms with Gasteiger partial charge in [-0.25, -0.2) is 0 Å². The maximum atomic E-state index is 12.9. The first-order valence-corrected chi connectivity index (χ1v) is 14.0. The highest BCUT2D eigenvalue weighted by Crippen LogP contribution is 2.37. The number of carbonyl (C=O) groups excluding carboxylic acids is 1. The van der Waals surface area contributed by atoms with Crippen molar-refractivity contribution >= 4 is 33.3 Å². The number of rotatable bonds is 7. The summed E-state index contributed by atoms with van der Waals surface area (Å²) in [5, 5.41) is 24.4. The van der Waals surface area contributed by atoms with E-state index in [9.17, 15) is 4.79 Å². The van der Waals surface area contributed by atoms with Crippen LogP contribution in [-0.2, 0) is 4.79 Å². The van der Waals surface area contributed by atoms with Gasteiger partial charge < -0.3 is 20.4 Å². The molecule has 1 saturated carbocycles. The summed E-state index contributed by atoms with van der Waals surface area (Å²) in [4.78, 5) is 20.1. The Balaban J connectivity index is 1.09. The average Bonchev–Trinajstić information content (AvgIpc) is 3.51. The monoisotopic (exact) mass is 513 g/mol. The van der Waals surface area contributed by atoms with Crippen LogP contribution in [-0.4, -0.2) is 94.0 Å². The SMILES string of the molecule is CN1CCN(C2CCC(C)(C)CC2)C[C@H]1CC(=O)Nc1nnc(N[C@@H]2CCN(c3cccnn3)C2)s1. The number of nitrogens with one attached hydrogen (secondary N) is 2. The van der Waals surface area contributed by atoms with E-state index >= 15 is 0 Å². The van der Waals surface area contributed by atoms with Gasteiger partial charge in [-0.15, -0.1) is 15.3 Å². The van der Waals surface area contributed by atoms with Gasteiger partial charge in [-0.3, -0.25) is 9.69 Å². The van der Waals surface area contributed by atoms with Crippen LogP contribution in [0.25, 0.3) is 0 Å². The normalized spacial score (nSPS) is 25.7. The van der Waals surface area contributed by atoms with Crippen LogP contribution in [0.2, 0.25) is 0 Å². The minimum atomic E-state index is 0.0101. The van der Waals surface area contributed by atoms with Crippen LogP contribution in [0.3, 0.4) is 0 Å². The predicted molar refractivity (Wildman–Crippen MR) is 143 cm³/mol. The molecule has 5 rings (SSSR count). The van der Waals surface area contributed by atoms with Crippen molar-refractivity contribution in [3.8, 4) is 0 Å². The Labute approximate surface area is 217 Å². The van der Waals surface area contributed by atoms with Crippen LogP contribution >= 0.6 is 11.3 Å². The van der Waals surface area contributed by atoms with Crippen LogP contribution in [0.5, 0.6) is 0 Å². The van der Waals surface area contributed by atoms with Crippen LogP contribution in [0.15, 0.2) is 18.3 Å². The molecule has 2 N–H and O–H groups in total. The van der Waals surface area contributed by atoms with Crippen molar-refractivity contribution in [3.05, 3.63) is 18.3 Å². The van der Waals surface area contributed by atoms with Gasteiger partial charge in [0.25, 0.3) is 0 Å². The van der Waals surface area contributed by atoms with E-state index in [1.165, 1.54) is 37.0 Å². The maximum absolute atomic E-state index is 12.9. The van der Waals surface area contributed by atoms with E-state index in [0.717, 1.165) is 50.1 Å². The first kappa shape index (κ1) is 25.3. The van der Waals surface area contributed by atoms with Gasteiger partial charge in [0.1, 0.15) is 0 Å². The Bertz CT molecular complexity index is 1010. The third-order valence-corrected chi connectivity index (χ3v) is 8.89. The van der Waals surface area contributed by atoms with Crippen LogP contribution < -0.4 is 15.5 Å². The molecule has 0 radical (unpaired) electrons. The van der Waals surface area contributed by atoms with Crippen molar-refractivity contribution in [2.75, 3.05) is 55.3 Å². The van der Waals surface area contributed by atoms with E-state index in [0.29, 0.717) is 23.0 Å². The number of piperazine rings is 1. The van der Waals surface area contributed by atoms with E-state index in [4.69, 9.17) is 0 Å². The summed E-state index contributed by atoms with van der Waals surface area (Å²) in [5.41, 5.74) is 0.478. The Morgan fingerprint density at radius 1 is 1.08 bits per heavy atom. The predicted octanol–water partition coefficient (Wildman–Crippen LogP) is 2.93. The Morgan fingerprint density at radius 3 is 2.67 bits per heavy atom. The zero-order chi connectivity index (χ0) is 25.1. The number of anilines is 3. The number of carbonyl (C=O) groups is 1. The smallest absolute Gasteiger partial charge is 0.227 e. The molecule has 0 unspecified atom stereocenters. The summed E-state index contributed by atoms with van der Waals surface area (Å²) in [7, 11) is 2.14. The topological polar surface area (TPSA) is 102 Å². The Morgan fingerprint density at radius 2 is 1.89 bits per heavy atom. The molecule has 4 heterocycles. The standard InChI is InChI=1S/C25H39N9OS/c1-25(2)9-6-19(7-10-25)33-14-13-32(3)20(17-33)15-22(35)28-24-31-30-23(36-24)27-18-8-12-34(16-18)21-5-4-11-26-29-21/h4-5,11,18-20H,6-10,12-17H2,1-3H3,(H,27,30)(H,28,31,35)/t18-,20-/m1/s1. The number of hydrogen-bond acceptors (Lipinski definition) is 10. The first-order valence-electron chi connectivity index (χ1n) is 13.2. The summed E-state index contributed by atoms with van der Waals surface area (Å²) in [6.07, 6.45) is 8.28. The summed E-state index contributed by atoms with van der Waals surface area (Å²) in [6, 6.07) is 5.03. The number of amides is 1. The molecule has 196 valence electrons. The van der Waals surface area contributed by atoms with Crippen molar-refractivity contribution in [3.63, 3.8) is 0 Å². The van der Waals surface area contributed by atoms with Gasteiger partial charge in [-0.05, 0) is 56.7 Å². The van der Waals surface area contributed by atoms with E-state index in [-0.39, 0.29) is 18.0 Å². The third kappa shape index (κ3) is 6.30. The fraction of sp³-hybridized carbons (Fsp3) is 0.720. The van der Waals surface area contributed by atoms with Gasteiger partial charge in [0.15, 0.2) is 5.82 Å². The zero-order valence-electron chi connectivity index (χ0n) is 21.7. The maximum Gasteiger partial charge on any atom is 0.227 e. The number of aromatic nitrogens is 4. The van der Waals surface area contributed by atoms with Gasteiger partial charge in [-0.2, -0.15) is 5.10 Å². The molecule has 2 saturated heterocycles. The van der Waals surface area contributed by atoms with Crippen LogP contribution in [0.1, 0.15) is 52.4 Å². The molecule has 2 aromatic rings. The highest BCUT2D eigenvalue weighted by molar-refractivity contribution is 7.19. The van der Waals surface area contributed by atoms with Crippen molar-refractivity contribution in [1.29, 1.82) is 0 Å². The summed E-state index contributed by atoms with van der Waals surface area (Å²) < 4.78 is 0. The minimum absolute atomic E-state index is 0.0101. The van der Waals surface area contributed by atoms with Crippen LogP contribution in [0.4, 0.5) is 16.1 Å². The van der Waals surface area contributed by atoms with E-state index in [1.807, 2.05) is 12.1 Å². The highest BCUT2D eigenvalue weighted by Gasteiger charge is 2.34. The van der Waals surface area contributed by atoms with Gasteiger partial charge in [0, 0.05) is 63.5 Å². The fourth-order valence-corrected chi connectivity index (χ4v) is 6.45. The number of nitrogens with zero attached hydrogens (tertiary/aromatic N) is 7. The van der Waals surface area contributed by atoms with Crippen molar-refractivity contribution in [1.82, 2.24) is 30.2 Å². The van der Waals surface area contributed by atoms with Gasteiger partial charge in [0.05, 0.1) is 0 Å². The summed E-state index contributed by atoms with van der Waals surface area (Å²) >= 11 is 1.40. The second-order valence-electron chi connectivity index (χ2n) is 11.3. The summed E-state index contributed by atoms with van der Waals surface area (Å²) in [6.45, 7) is 9.60. The molecule has 0 spiro atoms. The molecule has 11 heteroatoms. The van der Waals surface area contributed by atoms with E-state index in [1.54, 1.807) is 6.20 Å². The lowest BCUT2D eigenvalue weighted by Gasteiger charge is -2.46. The molecule has 2 atom stereocenters. The lowest BCUT2D eigenvalue weighted by Crippen LogP contribution is -2.56. The number of likely N-dealkylation sites (N-methyl/N-ethyl adjacent to an activating group) is 1. The van der Waals surface area contributed by atoms with Gasteiger partial charge in [0.2, 0.25) is 16.2 Å². The second-order valence-corrected chi connectivity index (χ2v) is 12.3. The van der Waals surface area contributed by atoms with E-state index < -0.39 is 0 Å². The lowest BCUT2D eigenvalue weighted by molar-refractivity contribution is -0.118. The van der Waals surface area contributed by atoms with Crippen molar-refractivity contribution in [2.45, 2.75) is 70.5 Å². The molecule has 2 aliphatic heterocycles. The van der Waals surface area contributed by atoms with Crippen LogP contribution in [0, 0.1) is 5.41 Å². The van der Waals surface area contributed by atoms with Gasteiger partial charge >= 0.3 is 0 Å². The molecule has 36 heavy (non-hydrogen) atoms. The van der Waals surface area contributed by atoms with Crippen molar-refractivity contribution < 1.29 is 4.79 Å². The molecule has 2 aromatic heterocycles. The quantitative estimate of drug-likeness (QED) is 0.578. The largest absolute Gasteiger partial charge is 0.355 e. The van der Waals surface area contributed by atoms with E-state index in [2.05, 4.69) is 66.6 Å². The minimum Gasteiger partial charge on any atom is -0.355 e. The zero-order valence-corrected chi connectivity index (χ0v) is 22.5. The molecule has 1 amide bonds. The summed E-state index contributed by atoms with van der Waals surface area (Å²) in [5.74, 6) is 0.904. The average molecular weight is 514 g/mol. The van der Waals surface area contributed by atoms with Crippen molar-refractivity contribution in [2.24, 2.45) is 5.41 Å². The highest BCUT2D eigenvalue weighted by atomic mass is 32.1. The van der Waals surface area contributed by atoms with Gasteiger partial charge in [-0.1, -0.05) is 25.2 Å². The molecular formula is C25H39N9OS. The Hall–Kier alpha value is -2.37.